The van der Waals surface area contributed by atoms with Crippen molar-refractivity contribution < 1.29 is 5.11 Å². The van der Waals surface area contributed by atoms with E-state index in [0.717, 1.165) is 11.8 Å². The summed E-state index contributed by atoms with van der Waals surface area (Å²) in [7, 11) is 2.02. The minimum atomic E-state index is -0.307. The largest absolute Gasteiger partial charge is 0.379 e. The topological polar surface area (TPSA) is 23.5 Å². The van der Waals surface area contributed by atoms with Gasteiger partial charge in [-0.1, -0.05) is 13.8 Å². The molecule has 1 aliphatic carbocycles. The third-order valence-corrected chi connectivity index (χ3v) is 3.30. The summed E-state index contributed by atoms with van der Waals surface area (Å²) in [6.07, 6.45) is 2.31. The van der Waals surface area contributed by atoms with Crippen molar-refractivity contribution in [2.45, 2.75) is 45.9 Å². The molecule has 3 unspecified atom stereocenters. The van der Waals surface area contributed by atoms with Crippen LogP contribution in [0, 0.1) is 11.8 Å². The van der Waals surface area contributed by atoms with Crippen molar-refractivity contribution in [1.29, 1.82) is 0 Å². The van der Waals surface area contributed by atoms with Crippen molar-refractivity contribution in [1.82, 2.24) is 4.90 Å². The summed E-state index contributed by atoms with van der Waals surface area (Å²) in [6.45, 7) is 6.41. The fraction of sp³-hybridized carbons (Fsp3) is 1.00. The van der Waals surface area contributed by atoms with Gasteiger partial charge in [-0.15, -0.1) is 0 Å². The van der Waals surface area contributed by atoms with Crippen molar-refractivity contribution in [2.24, 2.45) is 11.8 Å². The van der Waals surface area contributed by atoms with Gasteiger partial charge in [0, 0.05) is 6.04 Å². The van der Waals surface area contributed by atoms with Gasteiger partial charge >= 0.3 is 0 Å². The van der Waals surface area contributed by atoms with Gasteiger partial charge in [-0.05, 0) is 38.6 Å². The Bertz CT molecular complexity index is 137. The second-order valence-electron chi connectivity index (χ2n) is 4.32. The van der Waals surface area contributed by atoms with E-state index in [9.17, 15) is 5.11 Å². The maximum absolute atomic E-state index is 9.44. The normalized spacial score (nSPS) is 39.0. The molecule has 0 bridgehead atoms. The Kier molecular flexibility index (Phi) is 3.13. The van der Waals surface area contributed by atoms with Crippen LogP contribution in [0.4, 0.5) is 0 Å². The van der Waals surface area contributed by atoms with Crippen LogP contribution in [0.3, 0.4) is 0 Å². The predicted molar refractivity (Wildman–Crippen MR) is 50.8 cm³/mol. The lowest BCUT2D eigenvalue weighted by atomic mass is 9.99. The molecule has 1 aliphatic rings. The SMILES string of the molecule is CC1CCC(C)C1N(C)C(C)O. The Morgan fingerprint density at radius 1 is 1.25 bits per heavy atom. The molecular formula is C10H21NO. The first-order chi connectivity index (χ1) is 5.54. The first kappa shape index (κ1) is 10.0. The van der Waals surface area contributed by atoms with Gasteiger partial charge in [0.2, 0.25) is 0 Å². The van der Waals surface area contributed by atoms with Crippen molar-refractivity contribution >= 4 is 0 Å². The summed E-state index contributed by atoms with van der Waals surface area (Å²) in [5, 5.41) is 9.44. The first-order valence-corrected chi connectivity index (χ1v) is 4.94. The summed E-state index contributed by atoms with van der Waals surface area (Å²) in [5.41, 5.74) is 0. The molecule has 12 heavy (non-hydrogen) atoms. The fourth-order valence-electron chi connectivity index (χ4n) is 2.48. The second-order valence-corrected chi connectivity index (χ2v) is 4.32. The smallest absolute Gasteiger partial charge is 0.104 e. The van der Waals surface area contributed by atoms with Crippen LogP contribution in [0.2, 0.25) is 0 Å². The highest BCUT2D eigenvalue weighted by Crippen LogP contribution is 2.34. The van der Waals surface area contributed by atoms with Crippen molar-refractivity contribution in [3.05, 3.63) is 0 Å². The number of aliphatic hydroxyl groups excluding tert-OH is 1. The molecule has 0 aromatic rings. The molecule has 0 spiro atoms. The molecular weight excluding hydrogens is 150 g/mol. The van der Waals surface area contributed by atoms with Gasteiger partial charge in [0.1, 0.15) is 6.23 Å². The average molecular weight is 171 g/mol. The molecule has 0 radical (unpaired) electrons. The molecule has 3 atom stereocenters. The van der Waals surface area contributed by atoms with Crippen molar-refractivity contribution in [3.63, 3.8) is 0 Å². The quantitative estimate of drug-likeness (QED) is 0.639. The zero-order valence-corrected chi connectivity index (χ0v) is 8.62. The van der Waals surface area contributed by atoms with Gasteiger partial charge in [0.05, 0.1) is 0 Å². The maximum Gasteiger partial charge on any atom is 0.104 e. The zero-order valence-electron chi connectivity index (χ0n) is 8.62. The number of nitrogens with zero attached hydrogens (tertiary/aromatic N) is 1. The van der Waals surface area contributed by atoms with Gasteiger partial charge < -0.3 is 5.11 Å². The van der Waals surface area contributed by atoms with E-state index in [-0.39, 0.29) is 6.23 Å². The van der Waals surface area contributed by atoms with Crippen LogP contribution in [0.5, 0.6) is 0 Å². The monoisotopic (exact) mass is 171 g/mol. The third-order valence-electron chi connectivity index (χ3n) is 3.30. The molecule has 1 saturated carbocycles. The predicted octanol–water partition coefficient (Wildman–Crippen LogP) is 1.69. The second kappa shape index (κ2) is 3.75. The average Bonchev–Trinajstić information content (AvgIpc) is 2.30. The molecule has 72 valence electrons. The number of rotatable bonds is 2. The Morgan fingerprint density at radius 3 is 2.00 bits per heavy atom. The van der Waals surface area contributed by atoms with Gasteiger partial charge in [-0.3, -0.25) is 4.90 Å². The number of hydrogen-bond acceptors (Lipinski definition) is 2. The van der Waals surface area contributed by atoms with E-state index in [4.69, 9.17) is 0 Å². The molecule has 1 N–H and O–H groups in total. The molecule has 0 heterocycles. The summed E-state index contributed by atoms with van der Waals surface area (Å²) < 4.78 is 0. The van der Waals surface area contributed by atoms with E-state index in [1.165, 1.54) is 12.8 Å². The van der Waals surface area contributed by atoms with Gasteiger partial charge in [-0.25, -0.2) is 0 Å². The first-order valence-electron chi connectivity index (χ1n) is 4.94. The van der Waals surface area contributed by atoms with Crippen LogP contribution in [0.25, 0.3) is 0 Å². The lowest BCUT2D eigenvalue weighted by Gasteiger charge is -2.33. The van der Waals surface area contributed by atoms with E-state index in [0.29, 0.717) is 6.04 Å². The van der Waals surface area contributed by atoms with Crippen LogP contribution in [0.15, 0.2) is 0 Å². The van der Waals surface area contributed by atoms with Crippen LogP contribution < -0.4 is 0 Å². The van der Waals surface area contributed by atoms with Crippen LogP contribution in [-0.2, 0) is 0 Å². The highest BCUT2D eigenvalue weighted by molar-refractivity contribution is 4.86. The van der Waals surface area contributed by atoms with Gasteiger partial charge in [-0.2, -0.15) is 0 Å². The van der Waals surface area contributed by atoms with E-state index < -0.39 is 0 Å². The molecule has 0 aliphatic heterocycles. The van der Waals surface area contributed by atoms with Gasteiger partial charge in [0.15, 0.2) is 0 Å². The Balaban J connectivity index is 2.59. The molecule has 2 nitrogen and oxygen atoms in total. The minimum Gasteiger partial charge on any atom is -0.379 e. The molecule has 0 aromatic carbocycles. The lowest BCUT2D eigenvalue weighted by molar-refractivity contribution is -0.0116. The van der Waals surface area contributed by atoms with Crippen molar-refractivity contribution in [2.75, 3.05) is 7.05 Å². The molecule has 1 rings (SSSR count). The summed E-state index contributed by atoms with van der Waals surface area (Å²) in [6, 6.07) is 0.574. The molecule has 0 saturated heterocycles. The van der Waals surface area contributed by atoms with Crippen molar-refractivity contribution in [3.8, 4) is 0 Å². The molecule has 0 amide bonds. The number of aliphatic hydroxyl groups is 1. The summed E-state index contributed by atoms with van der Waals surface area (Å²) >= 11 is 0. The minimum absolute atomic E-state index is 0.307. The standard InChI is InChI=1S/C10H21NO/c1-7-5-6-8(2)10(7)11(4)9(3)12/h7-10,12H,5-6H2,1-4H3. The highest BCUT2D eigenvalue weighted by atomic mass is 16.3. The van der Waals surface area contributed by atoms with E-state index in [2.05, 4.69) is 18.7 Å². The van der Waals surface area contributed by atoms with Crippen LogP contribution >= 0.6 is 0 Å². The fourth-order valence-corrected chi connectivity index (χ4v) is 2.48. The van der Waals surface area contributed by atoms with Gasteiger partial charge in [0.25, 0.3) is 0 Å². The third kappa shape index (κ3) is 1.80. The summed E-state index contributed by atoms with van der Waals surface area (Å²) in [5.74, 6) is 1.47. The van der Waals surface area contributed by atoms with E-state index in [1.807, 2.05) is 14.0 Å². The van der Waals surface area contributed by atoms with Crippen LogP contribution in [-0.4, -0.2) is 29.3 Å². The number of hydrogen-bond donors (Lipinski definition) is 1. The summed E-state index contributed by atoms with van der Waals surface area (Å²) in [4.78, 5) is 2.10. The zero-order chi connectivity index (χ0) is 9.30. The maximum atomic E-state index is 9.44. The van der Waals surface area contributed by atoms with E-state index in [1.54, 1.807) is 0 Å². The van der Waals surface area contributed by atoms with E-state index >= 15 is 0 Å². The lowest BCUT2D eigenvalue weighted by Crippen LogP contribution is -2.42. The molecule has 2 heteroatoms. The highest BCUT2D eigenvalue weighted by Gasteiger charge is 2.34. The van der Waals surface area contributed by atoms with Crippen LogP contribution in [0.1, 0.15) is 33.6 Å². The Labute approximate surface area is 75.6 Å². The Morgan fingerprint density at radius 2 is 1.67 bits per heavy atom. The Hall–Kier alpha value is -0.0800. The molecule has 1 fully saturated rings. The molecule has 0 aromatic heterocycles.